The first kappa shape index (κ1) is 12.4. The van der Waals surface area contributed by atoms with Crippen LogP contribution in [-0.2, 0) is 9.84 Å². The number of nitrogens with zero attached hydrogens (tertiary/aromatic N) is 1. The minimum absolute atomic E-state index is 0.0971. The highest BCUT2D eigenvalue weighted by molar-refractivity contribution is 7.94. The Hall–Kier alpha value is -1.66. The summed E-state index contributed by atoms with van der Waals surface area (Å²) in [5.74, 6) is -0.0971. The zero-order valence-electron chi connectivity index (χ0n) is 10.3. The standard InChI is InChI=1S/C13H14N2O3S/c16-13(15-7-5-14-6-8-15)11-2-1-3-12-10(11)4-9-19(12,17)18/h1-4,9,14H,5-8H2. The van der Waals surface area contributed by atoms with E-state index < -0.39 is 9.84 Å². The third-order valence-electron chi connectivity index (χ3n) is 3.42. The maximum Gasteiger partial charge on any atom is 0.254 e. The van der Waals surface area contributed by atoms with E-state index in [9.17, 15) is 13.2 Å². The Labute approximate surface area is 111 Å². The van der Waals surface area contributed by atoms with E-state index in [1.807, 2.05) is 0 Å². The van der Waals surface area contributed by atoms with Crippen LogP contribution in [0.15, 0.2) is 28.5 Å². The zero-order valence-corrected chi connectivity index (χ0v) is 11.1. The molecule has 2 aliphatic heterocycles. The van der Waals surface area contributed by atoms with E-state index in [0.29, 0.717) is 24.2 Å². The van der Waals surface area contributed by atoms with Gasteiger partial charge in [-0.25, -0.2) is 8.42 Å². The van der Waals surface area contributed by atoms with E-state index in [-0.39, 0.29) is 10.8 Å². The molecule has 0 unspecified atom stereocenters. The summed E-state index contributed by atoms with van der Waals surface area (Å²) in [6.45, 7) is 2.85. The van der Waals surface area contributed by atoms with Crippen LogP contribution in [0.1, 0.15) is 15.9 Å². The minimum Gasteiger partial charge on any atom is -0.336 e. The fraction of sp³-hybridized carbons (Fsp3) is 0.308. The molecule has 0 radical (unpaired) electrons. The lowest BCUT2D eigenvalue weighted by atomic mass is 10.1. The first-order valence-corrected chi connectivity index (χ1v) is 7.70. The van der Waals surface area contributed by atoms with Crippen molar-refractivity contribution < 1.29 is 13.2 Å². The van der Waals surface area contributed by atoms with Crippen LogP contribution in [0.5, 0.6) is 0 Å². The van der Waals surface area contributed by atoms with Gasteiger partial charge in [-0.2, -0.15) is 0 Å². The third kappa shape index (κ3) is 2.06. The molecule has 5 nitrogen and oxygen atoms in total. The summed E-state index contributed by atoms with van der Waals surface area (Å²) in [7, 11) is -3.36. The Morgan fingerprint density at radius 3 is 2.68 bits per heavy atom. The van der Waals surface area contributed by atoms with E-state index in [2.05, 4.69) is 5.32 Å². The predicted molar refractivity (Wildman–Crippen MR) is 71.4 cm³/mol. The molecule has 3 rings (SSSR count). The summed E-state index contributed by atoms with van der Waals surface area (Å²) < 4.78 is 23.6. The van der Waals surface area contributed by atoms with Crippen molar-refractivity contribution in [2.75, 3.05) is 26.2 Å². The molecule has 1 N–H and O–H groups in total. The molecule has 0 aromatic heterocycles. The fourth-order valence-corrected chi connectivity index (χ4v) is 3.63. The largest absolute Gasteiger partial charge is 0.336 e. The van der Waals surface area contributed by atoms with Crippen LogP contribution in [0.4, 0.5) is 0 Å². The van der Waals surface area contributed by atoms with Gasteiger partial charge in [0, 0.05) is 42.7 Å². The maximum atomic E-state index is 12.4. The summed E-state index contributed by atoms with van der Waals surface area (Å²) in [5.41, 5.74) is 0.989. The number of nitrogens with one attached hydrogen (secondary N) is 1. The SMILES string of the molecule is O=C(c1cccc2c1C=CS2(=O)=O)N1CCNCC1. The van der Waals surface area contributed by atoms with Gasteiger partial charge in [0.15, 0.2) is 9.84 Å². The van der Waals surface area contributed by atoms with Gasteiger partial charge in [0.1, 0.15) is 0 Å². The van der Waals surface area contributed by atoms with Crippen LogP contribution in [0.2, 0.25) is 0 Å². The molecule has 1 aromatic rings. The molecule has 2 heterocycles. The molecule has 1 aromatic carbocycles. The van der Waals surface area contributed by atoms with Crippen LogP contribution in [0.3, 0.4) is 0 Å². The van der Waals surface area contributed by atoms with Gasteiger partial charge in [-0.05, 0) is 18.2 Å². The van der Waals surface area contributed by atoms with Crippen molar-refractivity contribution in [1.82, 2.24) is 10.2 Å². The molecule has 0 saturated carbocycles. The van der Waals surface area contributed by atoms with E-state index in [0.717, 1.165) is 18.5 Å². The van der Waals surface area contributed by atoms with Gasteiger partial charge in [0.25, 0.3) is 5.91 Å². The molecule has 19 heavy (non-hydrogen) atoms. The van der Waals surface area contributed by atoms with Gasteiger partial charge < -0.3 is 10.2 Å². The quantitative estimate of drug-likeness (QED) is 0.812. The Kier molecular flexibility index (Phi) is 2.91. The number of piperazine rings is 1. The average Bonchev–Trinajstić information content (AvgIpc) is 2.75. The lowest BCUT2D eigenvalue weighted by molar-refractivity contribution is 0.0735. The molecule has 0 spiro atoms. The van der Waals surface area contributed by atoms with E-state index >= 15 is 0 Å². The van der Waals surface area contributed by atoms with Crippen LogP contribution < -0.4 is 5.32 Å². The molecule has 0 aliphatic carbocycles. The first-order chi connectivity index (χ1) is 9.09. The Morgan fingerprint density at radius 2 is 1.95 bits per heavy atom. The second-order valence-corrected chi connectivity index (χ2v) is 6.41. The number of hydrogen-bond acceptors (Lipinski definition) is 4. The Balaban J connectivity index is 2.01. The number of rotatable bonds is 1. The fourth-order valence-electron chi connectivity index (χ4n) is 2.42. The molecule has 1 fully saturated rings. The summed E-state index contributed by atoms with van der Waals surface area (Å²) in [5, 5.41) is 4.34. The molecule has 0 atom stereocenters. The lowest BCUT2D eigenvalue weighted by Crippen LogP contribution is -2.46. The van der Waals surface area contributed by atoms with Gasteiger partial charge in [-0.3, -0.25) is 4.79 Å². The topological polar surface area (TPSA) is 66.5 Å². The molecule has 6 heteroatoms. The molecule has 2 aliphatic rings. The number of benzene rings is 1. The Morgan fingerprint density at radius 1 is 1.21 bits per heavy atom. The summed E-state index contributed by atoms with van der Waals surface area (Å²) in [6.07, 6.45) is 1.51. The van der Waals surface area contributed by atoms with E-state index in [1.165, 1.54) is 6.08 Å². The number of sulfone groups is 1. The van der Waals surface area contributed by atoms with Crippen LogP contribution in [-0.4, -0.2) is 45.4 Å². The van der Waals surface area contributed by atoms with Crippen molar-refractivity contribution in [1.29, 1.82) is 0 Å². The summed E-state index contributed by atoms with van der Waals surface area (Å²) >= 11 is 0. The Bertz CT molecular complexity index is 658. The van der Waals surface area contributed by atoms with Gasteiger partial charge in [0.05, 0.1) is 4.90 Å². The number of amides is 1. The molecular weight excluding hydrogens is 264 g/mol. The van der Waals surface area contributed by atoms with Gasteiger partial charge in [-0.1, -0.05) is 6.07 Å². The monoisotopic (exact) mass is 278 g/mol. The maximum absolute atomic E-state index is 12.4. The molecule has 1 saturated heterocycles. The zero-order chi connectivity index (χ0) is 13.5. The highest BCUT2D eigenvalue weighted by Gasteiger charge is 2.27. The predicted octanol–water partition coefficient (Wildman–Crippen LogP) is 0.490. The molecular formula is C13H14N2O3S. The van der Waals surface area contributed by atoms with E-state index in [4.69, 9.17) is 0 Å². The van der Waals surface area contributed by atoms with Crippen molar-refractivity contribution >= 4 is 21.8 Å². The molecule has 1 amide bonds. The van der Waals surface area contributed by atoms with Crippen molar-refractivity contribution in [3.05, 3.63) is 34.7 Å². The lowest BCUT2D eigenvalue weighted by Gasteiger charge is -2.28. The van der Waals surface area contributed by atoms with E-state index in [1.54, 1.807) is 23.1 Å². The van der Waals surface area contributed by atoms with Crippen LogP contribution in [0, 0.1) is 0 Å². The number of hydrogen-bond donors (Lipinski definition) is 1. The third-order valence-corrected chi connectivity index (χ3v) is 4.88. The minimum atomic E-state index is -3.36. The van der Waals surface area contributed by atoms with Crippen molar-refractivity contribution in [3.8, 4) is 0 Å². The normalized spacial score (nSPS) is 20.3. The van der Waals surface area contributed by atoms with Crippen molar-refractivity contribution in [2.45, 2.75) is 4.90 Å². The smallest absolute Gasteiger partial charge is 0.254 e. The van der Waals surface area contributed by atoms with Gasteiger partial charge >= 0.3 is 0 Å². The summed E-state index contributed by atoms with van der Waals surface area (Å²) in [6, 6.07) is 4.85. The van der Waals surface area contributed by atoms with Crippen LogP contribution >= 0.6 is 0 Å². The first-order valence-electron chi connectivity index (χ1n) is 6.16. The van der Waals surface area contributed by atoms with Gasteiger partial charge in [-0.15, -0.1) is 0 Å². The van der Waals surface area contributed by atoms with Crippen LogP contribution in [0.25, 0.3) is 6.08 Å². The highest BCUT2D eigenvalue weighted by atomic mass is 32.2. The number of carbonyl (C=O) groups is 1. The molecule has 100 valence electrons. The second kappa shape index (κ2) is 4.47. The van der Waals surface area contributed by atoms with Crippen molar-refractivity contribution in [3.63, 3.8) is 0 Å². The van der Waals surface area contributed by atoms with Gasteiger partial charge in [0.2, 0.25) is 0 Å². The average molecular weight is 278 g/mol. The number of fused-ring (bicyclic) bond motifs is 1. The van der Waals surface area contributed by atoms with Crippen molar-refractivity contribution in [2.24, 2.45) is 0 Å². The summed E-state index contributed by atoms with van der Waals surface area (Å²) in [4.78, 5) is 14.4. The highest BCUT2D eigenvalue weighted by Crippen LogP contribution is 2.30. The number of carbonyl (C=O) groups excluding carboxylic acids is 1. The molecule has 0 bridgehead atoms. The second-order valence-electron chi connectivity index (χ2n) is 4.61.